The van der Waals surface area contributed by atoms with E-state index in [1.807, 2.05) is 54.6 Å². The fraction of sp³-hybridized carbons (Fsp3) is 0.0455. The molecule has 8 heteroatoms. The van der Waals surface area contributed by atoms with E-state index in [2.05, 4.69) is 325 Å². The van der Waals surface area contributed by atoms with Crippen LogP contribution in [-0.2, 0) is 5.41 Å². The van der Waals surface area contributed by atoms with Gasteiger partial charge in [-0.15, -0.1) is 0 Å². The first-order valence-electron chi connectivity index (χ1n) is 32.4. The van der Waals surface area contributed by atoms with Gasteiger partial charge in [-0.3, -0.25) is 0 Å². The Labute approximate surface area is 563 Å². The largest absolute Gasteiger partial charge is 0.456 e. The zero-order valence-corrected chi connectivity index (χ0v) is 54.0. The zero-order chi connectivity index (χ0) is 64.7. The van der Waals surface area contributed by atoms with Crippen LogP contribution in [0.5, 0.6) is 0 Å². The molecule has 0 N–H and O–H groups in total. The molecule has 0 fully saturated rings. The summed E-state index contributed by atoms with van der Waals surface area (Å²) >= 11 is 8.75. The molecule has 3 heterocycles. The summed E-state index contributed by atoms with van der Waals surface area (Å²) in [5, 5.41) is 3.57. The van der Waals surface area contributed by atoms with Crippen LogP contribution in [0.4, 0.5) is 68.2 Å². The molecule has 0 saturated carbocycles. The van der Waals surface area contributed by atoms with Gasteiger partial charge in [-0.05, 0) is 180 Å². The summed E-state index contributed by atoms with van der Waals surface area (Å²) in [4.78, 5) is 9.28. The van der Waals surface area contributed by atoms with Crippen LogP contribution in [-0.4, -0.2) is 0 Å². The van der Waals surface area contributed by atoms with Crippen molar-refractivity contribution in [2.75, 3.05) is 19.6 Å². The summed E-state index contributed by atoms with van der Waals surface area (Å²) in [5.41, 5.74) is 18.9. The van der Waals surface area contributed by atoms with E-state index in [-0.39, 0.29) is 5.41 Å². The summed E-state index contributed by atoms with van der Waals surface area (Å²) in [7, 11) is 0. The van der Waals surface area contributed by atoms with Gasteiger partial charge < -0.3 is 32.9 Å². The van der Waals surface area contributed by atoms with E-state index in [0.29, 0.717) is 10.7 Å². The van der Waals surface area contributed by atoms with Gasteiger partial charge >= 0.3 is 0 Å². The van der Waals surface area contributed by atoms with Crippen molar-refractivity contribution in [1.29, 1.82) is 0 Å². The number of anilines is 12. The Kier molecular flexibility index (Phi) is 15.4. The Morgan fingerprint density at radius 3 is 1.08 bits per heavy atom. The van der Waals surface area contributed by atoms with Crippen LogP contribution in [0, 0.1) is 0 Å². The molecule has 13 aromatic carbocycles. The normalized spacial score (nSPS) is 11.5. The maximum absolute atomic E-state index is 8.75. The number of para-hydroxylation sites is 6. The molecule has 7 nitrogen and oxygen atoms in total. The number of halogens is 1. The molecule has 16 rings (SSSR count). The van der Waals surface area contributed by atoms with E-state index in [4.69, 9.17) is 24.9 Å². The van der Waals surface area contributed by atoms with Crippen molar-refractivity contribution >= 4 is 113 Å². The second-order valence-electron chi connectivity index (χ2n) is 25.1. The quantitative estimate of drug-likeness (QED) is 0.0955. The topological polar surface area (TPSA) is 52.4 Å². The second kappa shape index (κ2) is 25.1. The maximum atomic E-state index is 8.75. The van der Waals surface area contributed by atoms with Gasteiger partial charge in [-0.25, -0.2) is 0 Å². The lowest BCUT2D eigenvalue weighted by atomic mass is 9.84. The molecule has 0 aliphatic rings. The third kappa shape index (κ3) is 11.5. The van der Waals surface area contributed by atoms with Gasteiger partial charge in [0, 0.05) is 83.9 Å². The van der Waals surface area contributed by atoms with Crippen molar-refractivity contribution in [3.63, 3.8) is 0 Å². The number of hydrogen-bond acceptors (Lipinski definition) is 7. The van der Waals surface area contributed by atoms with Crippen LogP contribution >= 0.6 is 11.6 Å². The van der Waals surface area contributed by atoms with Gasteiger partial charge in [0.25, 0.3) is 0 Å². The van der Waals surface area contributed by atoms with Gasteiger partial charge in [0.2, 0.25) is 0 Å². The zero-order valence-electron chi connectivity index (χ0n) is 53.2. The van der Waals surface area contributed by atoms with Crippen LogP contribution < -0.4 is 19.6 Å². The van der Waals surface area contributed by atoms with E-state index in [1.165, 1.54) is 5.56 Å². The molecule has 462 valence electrons. The third-order valence-corrected chi connectivity index (χ3v) is 18.2. The van der Waals surface area contributed by atoms with E-state index in [1.54, 1.807) is 0 Å². The van der Waals surface area contributed by atoms with E-state index < -0.39 is 0 Å². The molecule has 0 spiro atoms. The molecule has 0 amide bonds. The SMILES string of the molecule is CC(C)(C)c1ccc(N(c2cccc(N(c3ccccc3)c3ccccc3)c2)c2cc(N(c3ccccc3)c3ccc(-c4cc5ccccc5o4)cc3)cc(N(c3cccc(-c4cc5ccccc5o4)c3)c3cccc(-c4cc5ccccc5o4)c3)c2Cl)c(-c2ccccc2)c1. The summed E-state index contributed by atoms with van der Waals surface area (Å²) in [6.45, 7) is 6.82. The van der Waals surface area contributed by atoms with E-state index >= 15 is 0 Å². The first-order chi connectivity index (χ1) is 47.1. The van der Waals surface area contributed by atoms with Crippen molar-refractivity contribution in [2.45, 2.75) is 26.2 Å². The highest BCUT2D eigenvalue weighted by molar-refractivity contribution is 6.37. The molecular formula is C88H65ClN4O3. The van der Waals surface area contributed by atoms with Crippen molar-refractivity contribution in [3.05, 3.63) is 350 Å². The molecule has 0 radical (unpaired) electrons. The van der Waals surface area contributed by atoms with Gasteiger partial charge in [0.15, 0.2) is 0 Å². The molecule has 0 saturated heterocycles. The minimum atomic E-state index is -0.187. The van der Waals surface area contributed by atoms with Crippen molar-refractivity contribution in [2.24, 2.45) is 0 Å². The van der Waals surface area contributed by atoms with Gasteiger partial charge in [0.1, 0.15) is 34.0 Å². The average molecular weight is 1260 g/mol. The molecule has 16 aromatic rings. The van der Waals surface area contributed by atoms with Crippen LogP contribution in [0.25, 0.3) is 78.0 Å². The number of furan rings is 3. The third-order valence-electron chi connectivity index (χ3n) is 17.8. The fourth-order valence-electron chi connectivity index (χ4n) is 13.1. The molecule has 0 bridgehead atoms. The summed E-state index contributed by atoms with van der Waals surface area (Å²) < 4.78 is 19.8. The first kappa shape index (κ1) is 59.0. The number of fused-ring (bicyclic) bond motifs is 3. The second-order valence-corrected chi connectivity index (χ2v) is 25.5. The molecular weight excluding hydrogens is 1200 g/mol. The minimum Gasteiger partial charge on any atom is -0.456 e. The standard InChI is InChI=1S/C88H65ClN4O3/c1-88(2,3)67-47-50-78(77(56-67)60-25-8-4-9-26-60)93(75-41-24-40-74(57-75)90(68-32-10-5-11-33-68)69-34-12-6-13-35-69)80-59-76(91(70-36-14-7-15-37-70)71-48-45-61(46-49-71)84-53-64-27-16-19-42-81(64)94-84)58-79(87(80)89)92(72-38-22-30-62(51-72)85-54-65-28-17-20-43-82(65)95-85)73-39-23-31-63(52-73)86-55-66-29-18-21-44-83(66)96-86/h4-59H,1-3H3. The Morgan fingerprint density at radius 2 is 0.615 bits per heavy atom. The molecule has 0 unspecified atom stereocenters. The van der Waals surface area contributed by atoms with Crippen molar-refractivity contribution in [3.8, 4) is 45.1 Å². The van der Waals surface area contributed by atoms with Crippen molar-refractivity contribution in [1.82, 2.24) is 0 Å². The highest BCUT2D eigenvalue weighted by atomic mass is 35.5. The predicted molar refractivity (Wildman–Crippen MR) is 400 cm³/mol. The van der Waals surface area contributed by atoms with Gasteiger partial charge in [-0.1, -0.05) is 208 Å². The first-order valence-corrected chi connectivity index (χ1v) is 32.8. The van der Waals surface area contributed by atoms with Crippen LogP contribution in [0.1, 0.15) is 26.3 Å². The highest BCUT2D eigenvalue weighted by Gasteiger charge is 2.30. The maximum Gasteiger partial charge on any atom is 0.135 e. The van der Waals surface area contributed by atoms with Gasteiger partial charge in [0.05, 0.1) is 27.8 Å². The Bertz CT molecular complexity index is 5190. The van der Waals surface area contributed by atoms with Crippen molar-refractivity contribution < 1.29 is 13.3 Å². The van der Waals surface area contributed by atoms with Crippen LogP contribution in [0.2, 0.25) is 5.02 Å². The Hall–Kier alpha value is -12.0. The lowest BCUT2D eigenvalue weighted by Gasteiger charge is -2.35. The molecule has 0 atom stereocenters. The summed E-state index contributed by atoms with van der Waals surface area (Å²) in [5.74, 6) is 2.28. The van der Waals surface area contributed by atoms with E-state index in [0.717, 1.165) is 141 Å². The number of benzene rings is 13. The fourth-order valence-corrected chi connectivity index (χ4v) is 13.3. The lowest BCUT2D eigenvalue weighted by Crippen LogP contribution is -2.19. The highest BCUT2D eigenvalue weighted by Crippen LogP contribution is 2.54. The van der Waals surface area contributed by atoms with Gasteiger partial charge in [-0.2, -0.15) is 0 Å². The summed E-state index contributed by atoms with van der Waals surface area (Å²) in [6, 6.07) is 119. The number of nitrogens with zero attached hydrogens (tertiary/aromatic N) is 4. The molecule has 3 aromatic heterocycles. The molecule has 0 aliphatic heterocycles. The number of hydrogen-bond donors (Lipinski definition) is 0. The number of rotatable bonds is 16. The Balaban J connectivity index is 0.996. The predicted octanol–water partition coefficient (Wildman–Crippen LogP) is 26.4. The summed E-state index contributed by atoms with van der Waals surface area (Å²) in [6.07, 6.45) is 0. The molecule has 0 aliphatic carbocycles. The van der Waals surface area contributed by atoms with E-state index in [9.17, 15) is 0 Å². The monoisotopic (exact) mass is 1260 g/mol. The van der Waals surface area contributed by atoms with Crippen LogP contribution in [0.15, 0.2) is 353 Å². The Morgan fingerprint density at radius 1 is 0.250 bits per heavy atom. The lowest BCUT2D eigenvalue weighted by molar-refractivity contribution is 0.590. The molecule has 96 heavy (non-hydrogen) atoms. The smallest absolute Gasteiger partial charge is 0.135 e. The van der Waals surface area contributed by atoms with Crippen LogP contribution in [0.3, 0.4) is 0 Å². The minimum absolute atomic E-state index is 0.187. The average Bonchev–Trinajstić information content (AvgIpc) is 1.00.